The van der Waals surface area contributed by atoms with Crippen molar-refractivity contribution in [2.45, 2.75) is 32.5 Å². The quantitative estimate of drug-likeness (QED) is 0.678. The number of aromatic nitrogens is 4. The van der Waals surface area contributed by atoms with Crippen molar-refractivity contribution in [3.8, 4) is 5.69 Å². The van der Waals surface area contributed by atoms with Crippen molar-refractivity contribution in [1.29, 1.82) is 0 Å². The van der Waals surface area contributed by atoms with Crippen LogP contribution in [0.3, 0.4) is 0 Å². The molecule has 0 saturated carbocycles. The summed E-state index contributed by atoms with van der Waals surface area (Å²) in [6, 6.07) is 14.0. The van der Waals surface area contributed by atoms with E-state index in [9.17, 15) is 4.79 Å². The summed E-state index contributed by atoms with van der Waals surface area (Å²) in [5.74, 6) is 0.214. The van der Waals surface area contributed by atoms with E-state index in [0.29, 0.717) is 11.7 Å². The summed E-state index contributed by atoms with van der Waals surface area (Å²) in [5.41, 5.74) is 5.50. The second kappa shape index (κ2) is 8.14. The fraction of sp³-hybridized carbons (Fsp3) is 0.263. The van der Waals surface area contributed by atoms with E-state index in [2.05, 4.69) is 33.8 Å². The van der Waals surface area contributed by atoms with E-state index in [1.807, 2.05) is 50.2 Å². The van der Waals surface area contributed by atoms with Crippen LogP contribution in [0.1, 0.15) is 22.3 Å². The van der Waals surface area contributed by atoms with Crippen molar-refractivity contribution in [3.63, 3.8) is 0 Å². The molecule has 0 spiro atoms. The molecule has 0 fully saturated rings. The minimum absolute atomic E-state index is 0.0474. The number of rotatable bonds is 6. The fourth-order valence-electron chi connectivity index (χ4n) is 2.57. The Morgan fingerprint density at radius 2 is 1.85 bits per heavy atom. The molecule has 0 saturated heterocycles. The summed E-state index contributed by atoms with van der Waals surface area (Å²) in [4.78, 5) is 12.2. The molecule has 0 atom stereocenters. The molecule has 7 heteroatoms. The first-order valence-corrected chi connectivity index (χ1v) is 9.34. The molecular formula is C19H21N5OS. The number of hydrogen-bond donors (Lipinski definition) is 1. The monoisotopic (exact) mass is 367 g/mol. The molecule has 3 rings (SSSR count). The maximum atomic E-state index is 12.2. The molecule has 1 amide bonds. The topological polar surface area (TPSA) is 72.7 Å². The molecule has 0 aliphatic heterocycles. The van der Waals surface area contributed by atoms with Gasteiger partial charge in [0.2, 0.25) is 11.1 Å². The van der Waals surface area contributed by atoms with Crippen LogP contribution in [0.5, 0.6) is 0 Å². The molecule has 1 aromatic heterocycles. The first-order valence-electron chi connectivity index (χ1n) is 8.35. The van der Waals surface area contributed by atoms with Crippen LogP contribution in [0.15, 0.2) is 47.6 Å². The normalized spacial score (nSPS) is 10.7. The number of aryl methyl sites for hydroxylation is 2. The molecule has 0 aliphatic rings. The summed E-state index contributed by atoms with van der Waals surface area (Å²) in [6.07, 6.45) is 0. The van der Waals surface area contributed by atoms with Crippen LogP contribution in [0.2, 0.25) is 0 Å². The predicted octanol–water partition coefficient (Wildman–Crippen LogP) is 3.00. The number of thioether (sulfide) groups is 1. The first kappa shape index (κ1) is 18.1. The molecule has 0 aliphatic carbocycles. The van der Waals surface area contributed by atoms with E-state index in [1.54, 1.807) is 4.68 Å². The average molecular weight is 367 g/mol. The molecule has 6 nitrogen and oxygen atoms in total. The van der Waals surface area contributed by atoms with Gasteiger partial charge < -0.3 is 5.32 Å². The van der Waals surface area contributed by atoms with Crippen LogP contribution in [0, 0.1) is 20.8 Å². The molecule has 2 aromatic carbocycles. The Balaban J connectivity index is 1.62. The highest BCUT2D eigenvalue weighted by atomic mass is 32.2. The van der Waals surface area contributed by atoms with Crippen molar-refractivity contribution in [2.75, 3.05) is 5.75 Å². The zero-order chi connectivity index (χ0) is 18.5. The van der Waals surface area contributed by atoms with E-state index < -0.39 is 0 Å². The third-order valence-corrected chi connectivity index (χ3v) is 5.23. The van der Waals surface area contributed by atoms with Crippen LogP contribution in [0.25, 0.3) is 5.69 Å². The van der Waals surface area contributed by atoms with Gasteiger partial charge in [-0.25, -0.2) is 0 Å². The zero-order valence-corrected chi connectivity index (χ0v) is 15.9. The van der Waals surface area contributed by atoms with Gasteiger partial charge in [0.15, 0.2) is 0 Å². The van der Waals surface area contributed by atoms with E-state index >= 15 is 0 Å². The number of carbonyl (C=O) groups is 1. The van der Waals surface area contributed by atoms with Gasteiger partial charge in [-0.1, -0.05) is 48.2 Å². The smallest absolute Gasteiger partial charge is 0.230 e. The van der Waals surface area contributed by atoms with Gasteiger partial charge in [-0.05, 0) is 59.5 Å². The highest BCUT2D eigenvalue weighted by molar-refractivity contribution is 7.99. The molecule has 0 bridgehead atoms. The number of amides is 1. The summed E-state index contributed by atoms with van der Waals surface area (Å²) < 4.78 is 1.68. The van der Waals surface area contributed by atoms with Gasteiger partial charge in [0.25, 0.3) is 0 Å². The lowest BCUT2D eigenvalue weighted by molar-refractivity contribution is -0.118. The largest absolute Gasteiger partial charge is 0.351 e. The first-order chi connectivity index (χ1) is 12.6. The standard InChI is InChI=1S/C19H21N5OS/c1-13-8-6-10-17(15(13)3)24-19(21-22-23-24)26-12-18(25)20-11-16-9-5-4-7-14(16)2/h4-10H,11-12H2,1-3H3,(H,20,25). The molecule has 1 N–H and O–H groups in total. The molecule has 1 heterocycles. The Hall–Kier alpha value is -2.67. The lowest BCUT2D eigenvalue weighted by atomic mass is 10.1. The van der Waals surface area contributed by atoms with Gasteiger partial charge in [0.05, 0.1) is 11.4 Å². The Kier molecular flexibility index (Phi) is 5.68. The van der Waals surface area contributed by atoms with Crippen LogP contribution >= 0.6 is 11.8 Å². The van der Waals surface area contributed by atoms with Crippen molar-refractivity contribution in [3.05, 3.63) is 64.7 Å². The van der Waals surface area contributed by atoms with Crippen molar-refractivity contribution in [1.82, 2.24) is 25.5 Å². The second-order valence-corrected chi connectivity index (χ2v) is 7.03. The Bertz CT molecular complexity index is 922. The predicted molar refractivity (Wildman–Crippen MR) is 102 cm³/mol. The minimum Gasteiger partial charge on any atom is -0.351 e. The third-order valence-electron chi connectivity index (χ3n) is 4.31. The average Bonchev–Trinajstić information content (AvgIpc) is 3.10. The van der Waals surface area contributed by atoms with E-state index in [-0.39, 0.29) is 11.7 Å². The summed E-state index contributed by atoms with van der Waals surface area (Å²) in [6.45, 7) is 6.65. The zero-order valence-electron chi connectivity index (χ0n) is 15.1. The Labute approximate surface area is 157 Å². The molecule has 134 valence electrons. The lowest BCUT2D eigenvalue weighted by Crippen LogP contribution is -2.25. The molecular weight excluding hydrogens is 346 g/mol. The summed E-state index contributed by atoms with van der Waals surface area (Å²) in [5, 5.41) is 15.4. The van der Waals surface area contributed by atoms with Crippen LogP contribution < -0.4 is 5.32 Å². The molecule has 0 unspecified atom stereocenters. The van der Waals surface area contributed by atoms with Crippen molar-refractivity contribution < 1.29 is 4.79 Å². The van der Waals surface area contributed by atoms with Gasteiger partial charge in [-0.3, -0.25) is 4.79 Å². The van der Waals surface area contributed by atoms with Crippen LogP contribution in [0.4, 0.5) is 0 Å². The molecule has 0 radical (unpaired) electrons. The fourth-order valence-corrected chi connectivity index (χ4v) is 3.28. The van der Waals surface area contributed by atoms with Gasteiger partial charge in [-0.15, -0.1) is 5.10 Å². The Morgan fingerprint density at radius 1 is 1.08 bits per heavy atom. The minimum atomic E-state index is -0.0474. The number of nitrogens with zero attached hydrogens (tertiary/aromatic N) is 4. The van der Waals surface area contributed by atoms with Gasteiger partial charge in [0.1, 0.15) is 0 Å². The van der Waals surface area contributed by atoms with Gasteiger partial charge >= 0.3 is 0 Å². The third kappa shape index (κ3) is 4.11. The van der Waals surface area contributed by atoms with E-state index in [4.69, 9.17) is 0 Å². The van der Waals surface area contributed by atoms with Gasteiger partial charge in [-0.2, -0.15) is 4.68 Å². The maximum absolute atomic E-state index is 12.2. The maximum Gasteiger partial charge on any atom is 0.230 e. The van der Waals surface area contributed by atoms with E-state index in [1.165, 1.54) is 22.9 Å². The van der Waals surface area contributed by atoms with Crippen LogP contribution in [-0.2, 0) is 11.3 Å². The summed E-state index contributed by atoms with van der Waals surface area (Å²) >= 11 is 1.33. The number of tetrazole rings is 1. The second-order valence-electron chi connectivity index (χ2n) is 6.08. The van der Waals surface area contributed by atoms with E-state index in [0.717, 1.165) is 16.8 Å². The highest BCUT2D eigenvalue weighted by Crippen LogP contribution is 2.22. The lowest BCUT2D eigenvalue weighted by Gasteiger charge is -2.10. The number of carbonyl (C=O) groups excluding carboxylic acids is 1. The Morgan fingerprint density at radius 3 is 2.65 bits per heavy atom. The number of benzene rings is 2. The van der Waals surface area contributed by atoms with Crippen molar-refractivity contribution >= 4 is 17.7 Å². The summed E-state index contributed by atoms with van der Waals surface area (Å²) in [7, 11) is 0. The van der Waals surface area contributed by atoms with Crippen LogP contribution in [-0.4, -0.2) is 31.9 Å². The molecule has 3 aromatic rings. The number of nitrogens with one attached hydrogen (secondary N) is 1. The highest BCUT2D eigenvalue weighted by Gasteiger charge is 2.13. The molecule has 26 heavy (non-hydrogen) atoms. The van der Waals surface area contributed by atoms with Gasteiger partial charge in [0, 0.05) is 6.54 Å². The number of hydrogen-bond acceptors (Lipinski definition) is 5. The van der Waals surface area contributed by atoms with Crippen molar-refractivity contribution in [2.24, 2.45) is 0 Å². The SMILES string of the molecule is Cc1ccccc1CNC(=O)CSc1nnnn1-c1cccc(C)c1C.